The van der Waals surface area contributed by atoms with Crippen molar-refractivity contribution >= 4 is 17.5 Å². The van der Waals surface area contributed by atoms with E-state index in [4.69, 9.17) is 5.73 Å². The van der Waals surface area contributed by atoms with Crippen LogP contribution in [0.3, 0.4) is 0 Å². The summed E-state index contributed by atoms with van der Waals surface area (Å²) in [6.45, 7) is 2.04. The van der Waals surface area contributed by atoms with Crippen molar-refractivity contribution in [3.8, 4) is 11.3 Å². The number of rotatable bonds is 3. The fraction of sp³-hybridized carbons (Fsp3) is 0.0588. The van der Waals surface area contributed by atoms with E-state index >= 15 is 0 Å². The number of aryl methyl sites for hydroxylation is 1. The lowest BCUT2D eigenvalue weighted by Gasteiger charge is -2.08. The number of hydrogen-bond donors (Lipinski definition) is 2. The second kappa shape index (κ2) is 5.63. The summed E-state index contributed by atoms with van der Waals surface area (Å²) >= 11 is 0. The molecule has 3 N–H and O–H groups in total. The lowest BCUT2D eigenvalue weighted by Crippen LogP contribution is -2.01. The highest BCUT2D eigenvalue weighted by atomic mass is 15.1. The zero-order valence-electron chi connectivity index (χ0n) is 11.7. The Labute approximate surface area is 123 Å². The Morgan fingerprint density at radius 1 is 0.905 bits per heavy atom. The van der Waals surface area contributed by atoms with Gasteiger partial charge in [0.15, 0.2) is 0 Å². The van der Waals surface area contributed by atoms with Crippen molar-refractivity contribution < 1.29 is 0 Å². The molecule has 3 aromatic rings. The average Bonchev–Trinajstić information content (AvgIpc) is 2.47. The molecule has 0 fully saturated rings. The lowest BCUT2D eigenvalue weighted by atomic mass is 10.1. The van der Waals surface area contributed by atoms with Crippen LogP contribution >= 0.6 is 0 Å². The minimum atomic E-state index is 0.444. The van der Waals surface area contributed by atoms with Crippen LogP contribution in [0.4, 0.5) is 17.5 Å². The van der Waals surface area contributed by atoms with E-state index in [1.807, 2.05) is 61.5 Å². The second-order valence-corrected chi connectivity index (χ2v) is 4.86. The largest absolute Gasteiger partial charge is 0.384 e. The summed E-state index contributed by atoms with van der Waals surface area (Å²) in [4.78, 5) is 8.77. The molecular weight excluding hydrogens is 260 g/mol. The Kier molecular flexibility index (Phi) is 3.51. The molecule has 0 amide bonds. The number of aromatic nitrogens is 2. The van der Waals surface area contributed by atoms with Crippen LogP contribution < -0.4 is 11.1 Å². The predicted octanol–water partition coefficient (Wildman–Crippen LogP) is 3.78. The first-order chi connectivity index (χ1) is 10.2. The summed E-state index contributed by atoms with van der Waals surface area (Å²) in [5.74, 6) is 0.943. The molecule has 4 nitrogen and oxygen atoms in total. The smallest absolute Gasteiger partial charge is 0.229 e. The monoisotopic (exact) mass is 276 g/mol. The predicted molar refractivity (Wildman–Crippen MR) is 86.3 cm³/mol. The molecule has 0 radical (unpaired) electrons. The Morgan fingerprint density at radius 3 is 2.48 bits per heavy atom. The number of nitrogens with two attached hydrogens (primary N) is 1. The Balaban J connectivity index is 1.95. The SMILES string of the molecule is Cc1cccc(Nc2nc(N)cc(-c3ccccc3)n2)c1. The molecule has 0 spiro atoms. The van der Waals surface area contributed by atoms with Gasteiger partial charge in [-0.1, -0.05) is 42.5 Å². The first-order valence-corrected chi connectivity index (χ1v) is 6.74. The quantitative estimate of drug-likeness (QED) is 0.764. The zero-order chi connectivity index (χ0) is 14.7. The molecule has 21 heavy (non-hydrogen) atoms. The van der Waals surface area contributed by atoms with Gasteiger partial charge in [-0.05, 0) is 24.6 Å². The van der Waals surface area contributed by atoms with Gasteiger partial charge in [-0.2, -0.15) is 4.98 Å². The van der Waals surface area contributed by atoms with Crippen LogP contribution in [0.15, 0.2) is 60.7 Å². The van der Waals surface area contributed by atoms with Crippen LogP contribution in [0.25, 0.3) is 11.3 Å². The van der Waals surface area contributed by atoms with Crippen molar-refractivity contribution in [3.05, 3.63) is 66.2 Å². The van der Waals surface area contributed by atoms with Gasteiger partial charge in [-0.15, -0.1) is 0 Å². The molecule has 0 saturated heterocycles. The van der Waals surface area contributed by atoms with Crippen molar-refractivity contribution in [2.75, 3.05) is 11.1 Å². The van der Waals surface area contributed by atoms with Gasteiger partial charge < -0.3 is 11.1 Å². The van der Waals surface area contributed by atoms with Crippen LogP contribution in [-0.2, 0) is 0 Å². The average molecular weight is 276 g/mol. The van der Waals surface area contributed by atoms with Crippen LogP contribution in [0.1, 0.15) is 5.56 Å². The van der Waals surface area contributed by atoms with E-state index in [9.17, 15) is 0 Å². The molecule has 3 rings (SSSR count). The Hall–Kier alpha value is -2.88. The van der Waals surface area contributed by atoms with E-state index in [0.29, 0.717) is 11.8 Å². The van der Waals surface area contributed by atoms with E-state index in [2.05, 4.69) is 15.3 Å². The highest BCUT2D eigenvalue weighted by molar-refractivity contribution is 5.65. The number of nitrogen functional groups attached to an aromatic ring is 1. The number of nitrogens with one attached hydrogen (secondary N) is 1. The summed E-state index contributed by atoms with van der Waals surface area (Å²) in [6, 6.07) is 19.7. The van der Waals surface area contributed by atoms with Gasteiger partial charge in [0, 0.05) is 17.3 Å². The molecule has 0 unspecified atom stereocenters. The van der Waals surface area contributed by atoms with Gasteiger partial charge in [-0.3, -0.25) is 0 Å². The molecule has 0 bridgehead atoms. The fourth-order valence-corrected chi connectivity index (χ4v) is 2.13. The lowest BCUT2D eigenvalue weighted by molar-refractivity contribution is 1.18. The van der Waals surface area contributed by atoms with Crippen molar-refractivity contribution in [1.82, 2.24) is 9.97 Å². The standard InChI is InChI=1S/C17H16N4/c1-12-6-5-9-14(10-12)19-17-20-15(11-16(18)21-17)13-7-3-2-4-8-13/h2-11H,1H3,(H3,18,19,20,21). The third-order valence-electron chi connectivity index (χ3n) is 3.09. The minimum absolute atomic E-state index is 0.444. The molecule has 1 heterocycles. The van der Waals surface area contributed by atoms with Gasteiger partial charge in [0.25, 0.3) is 0 Å². The van der Waals surface area contributed by atoms with E-state index < -0.39 is 0 Å². The van der Waals surface area contributed by atoms with Gasteiger partial charge in [0.2, 0.25) is 5.95 Å². The third kappa shape index (κ3) is 3.17. The second-order valence-electron chi connectivity index (χ2n) is 4.86. The number of nitrogens with zero attached hydrogens (tertiary/aromatic N) is 2. The minimum Gasteiger partial charge on any atom is -0.384 e. The molecule has 0 aliphatic rings. The van der Waals surface area contributed by atoms with Crippen molar-refractivity contribution in [1.29, 1.82) is 0 Å². The van der Waals surface area contributed by atoms with Gasteiger partial charge in [-0.25, -0.2) is 4.98 Å². The Bertz CT molecular complexity index is 754. The topological polar surface area (TPSA) is 63.8 Å². The highest BCUT2D eigenvalue weighted by Gasteiger charge is 2.05. The summed E-state index contributed by atoms with van der Waals surface area (Å²) in [6.07, 6.45) is 0. The summed E-state index contributed by atoms with van der Waals surface area (Å²) < 4.78 is 0. The summed E-state index contributed by atoms with van der Waals surface area (Å²) in [5, 5.41) is 3.19. The zero-order valence-corrected chi connectivity index (χ0v) is 11.7. The van der Waals surface area contributed by atoms with Gasteiger partial charge in [0.05, 0.1) is 5.69 Å². The Morgan fingerprint density at radius 2 is 1.71 bits per heavy atom. The number of benzene rings is 2. The molecule has 0 aliphatic carbocycles. The van der Waals surface area contributed by atoms with Crippen LogP contribution in [-0.4, -0.2) is 9.97 Å². The van der Waals surface area contributed by atoms with E-state index in [1.165, 1.54) is 5.56 Å². The number of hydrogen-bond acceptors (Lipinski definition) is 4. The molecule has 4 heteroatoms. The highest BCUT2D eigenvalue weighted by Crippen LogP contribution is 2.22. The van der Waals surface area contributed by atoms with E-state index in [1.54, 1.807) is 6.07 Å². The van der Waals surface area contributed by atoms with Crippen LogP contribution in [0.5, 0.6) is 0 Å². The first-order valence-electron chi connectivity index (χ1n) is 6.74. The first kappa shape index (κ1) is 13.1. The molecule has 0 atom stereocenters. The summed E-state index contributed by atoms with van der Waals surface area (Å²) in [7, 11) is 0. The molecule has 0 saturated carbocycles. The maximum absolute atomic E-state index is 5.89. The maximum Gasteiger partial charge on any atom is 0.229 e. The molecule has 1 aromatic heterocycles. The summed E-state index contributed by atoms with van der Waals surface area (Å²) in [5.41, 5.74) is 9.82. The third-order valence-corrected chi connectivity index (χ3v) is 3.09. The van der Waals surface area contributed by atoms with Gasteiger partial charge >= 0.3 is 0 Å². The van der Waals surface area contributed by atoms with E-state index in [-0.39, 0.29) is 0 Å². The fourth-order valence-electron chi connectivity index (χ4n) is 2.13. The maximum atomic E-state index is 5.89. The molecule has 2 aromatic carbocycles. The van der Waals surface area contributed by atoms with Crippen LogP contribution in [0.2, 0.25) is 0 Å². The van der Waals surface area contributed by atoms with Crippen LogP contribution in [0, 0.1) is 6.92 Å². The molecular formula is C17H16N4. The van der Waals surface area contributed by atoms with E-state index in [0.717, 1.165) is 16.9 Å². The van der Waals surface area contributed by atoms with Crippen molar-refractivity contribution in [2.45, 2.75) is 6.92 Å². The van der Waals surface area contributed by atoms with Crippen molar-refractivity contribution in [3.63, 3.8) is 0 Å². The molecule has 0 aliphatic heterocycles. The van der Waals surface area contributed by atoms with Crippen molar-refractivity contribution in [2.24, 2.45) is 0 Å². The normalized spacial score (nSPS) is 10.3. The molecule has 104 valence electrons. The number of anilines is 3. The van der Waals surface area contributed by atoms with Gasteiger partial charge in [0.1, 0.15) is 5.82 Å².